The minimum atomic E-state index is -3.67. The molecule has 1 amide bonds. The number of benzene rings is 1. The molecule has 20 heavy (non-hydrogen) atoms. The number of nitrogens with one attached hydrogen (secondary N) is 2. The Hall–Kier alpha value is -1.58. The largest absolute Gasteiger partial charge is 0.355 e. The van der Waals surface area contributed by atoms with E-state index in [1.165, 1.54) is 6.07 Å². The molecule has 0 aliphatic carbocycles. The lowest BCUT2D eigenvalue weighted by Gasteiger charge is -2.23. The molecule has 2 heterocycles. The highest BCUT2D eigenvalue weighted by molar-refractivity contribution is 7.89. The molecule has 1 atom stereocenters. The summed E-state index contributed by atoms with van der Waals surface area (Å²) in [6, 6.07) is 4.58. The number of nitrogens with zero attached hydrogens (tertiary/aromatic N) is 2. The molecule has 1 saturated heterocycles. The molecular weight excluding hydrogens is 300 g/mol. The van der Waals surface area contributed by atoms with E-state index in [1.54, 1.807) is 12.1 Å². The summed E-state index contributed by atoms with van der Waals surface area (Å²) in [7, 11) is -3.67. The van der Waals surface area contributed by atoms with Crippen LogP contribution in [0.4, 0.5) is 0 Å². The smallest absolute Gasteiger partial charge is 0.243 e. The summed E-state index contributed by atoms with van der Waals surface area (Å²) in [5.41, 5.74) is 0.944. The highest BCUT2D eigenvalue weighted by Gasteiger charge is 2.26. The average Bonchev–Trinajstić information content (AvgIpc) is 2.89. The zero-order valence-electron chi connectivity index (χ0n) is 10.4. The van der Waals surface area contributed by atoms with Crippen LogP contribution < -0.4 is 10.0 Å². The number of rotatable bonds is 3. The summed E-state index contributed by atoms with van der Waals surface area (Å²) in [5, 5.41) is 2.65. The second kappa shape index (κ2) is 5.08. The van der Waals surface area contributed by atoms with Gasteiger partial charge in [0.05, 0.1) is 11.7 Å². The minimum Gasteiger partial charge on any atom is -0.355 e. The summed E-state index contributed by atoms with van der Waals surface area (Å²) >= 11 is 0.980. The second-order valence-electron chi connectivity index (χ2n) is 4.55. The Morgan fingerprint density at radius 3 is 2.95 bits per heavy atom. The van der Waals surface area contributed by atoms with Crippen LogP contribution in [-0.4, -0.2) is 35.7 Å². The van der Waals surface area contributed by atoms with Gasteiger partial charge in [0.1, 0.15) is 15.9 Å². The molecule has 0 saturated carbocycles. The molecule has 1 fully saturated rings. The van der Waals surface area contributed by atoms with E-state index in [1.807, 2.05) is 0 Å². The molecule has 2 aromatic rings. The number of aromatic nitrogens is 2. The average molecular weight is 312 g/mol. The molecule has 1 aromatic heterocycles. The van der Waals surface area contributed by atoms with Crippen LogP contribution >= 0.6 is 11.7 Å². The lowest BCUT2D eigenvalue weighted by atomic mass is 10.1. The van der Waals surface area contributed by atoms with Gasteiger partial charge in [-0.3, -0.25) is 4.79 Å². The third kappa shape index (κ3) is 2.51. The van der Waals surface area contributed by atoms with Crippen LogP contribution in [0.3, 0.4) is 0 Å². The van der Waals surface area contributed by atoms with Gasteiger partial charge in [0.2, 0.25) is 15.9 Å². The highest BCUT2D eigenvalue weighted by atomic mass is 32.2. The number of piperidine rings is 1. The number of amides is 1. The SMILES string of the molecule is O=C1CCC(NS(=O)(=O)c2cccc3nsnc23)CN1. The van der Waals surface area contributed by atoms with Crippen molar-refractivity contribution in [3.8, 4) is 0 Å². The van der Waals surface area contributed by atoms with E-state index in [2.05, 4.69) is 18.8 Å². The zero-order valence-corrected chi connectivity index (χ0v) is 12.0. The molecule has 1 aliphatic rings. The van der Waals surface area contributed by atoms with E-state index < -0.39 is 10.0 Å². The van der Waals surface area contributed by atoms with E-state index in [0.717, 1.165) is 11.7 Å². The topological polar surface area (TPSA) is 101 Å². The van der Waals surface area contributed by atoms with Crippen molar-refractivity contribution in [2.24, 2.45) is 0 Å². The van der Waals surface area contributed by atoms with Crippen molar-refractivity contribution >= 4 is 38.7 Å². The van der Waals surface area contributed by atoms with Gasteiger partial charge in [-0.1, -0.05) is 6.07 Å². The molecule has 1 aliphatic heterocycles. The third-order valence-electron chi connectivity index (χ3n) is 3.13. The van der Waals surface area contributed by atoms with E-state index in [-0.39, 0.29) is 16.8 Å². The molecule has 1 aromatic carbocycles. The maximum atomic E-state index is 12.4. The third-order valence-corrected chi connectivity index (χ3v) is 5.22. The Morgan fingerprint density at radius 1 is 1.35 bits per heavy atom. The lowest BCUT2D eigenvalue weighted by molar-refractivity contribution is -0.122. The van der Waals surface area contributed by atoms with Gasteiger partial charge in [0, 0.05) is 19.0 Å². The van der Waals surface area contributed by atoms with Crippen molar-refractivity contribution < 1.29 is 13.2 Å². The van der Waals surface area contributed by atoms with E-state index in [4.69, 9.17) is 0 Å². The van der Waals surface area contributed by atoms with Gasteiger partial charge >= 0.3 is 0 Å². The number of hydrogen-bond donors (Lipinski definition) is 2. The maximum absolute atomic E-state index is 12.4. The highest BCUT2D eigenvalue weighted by Crippen LogP contribution is 2.21. The molecule has 0 radical (unpaired) electrons. The second-order valence-corrected chi connectivity index (χ2v) is 6.76. The first-order valence-corrected chi connectivity index (χ1v) is 8.28. The molecule has 1 unspecified atom stereocenters. The van der Waals surface area contributed by atoms with Crippen LogP contribution in [0.15, 0.2) is 23.1 Å². The van der Waals surface area contributed by atoms with Crippen LogP contribution in [-0.2, 0) is 14.8 Å². The van der Waals surface area contributed by atoms with Crippen LogP contribution in [0.25, 0.3) is 11.0 Å². The van der Waals surface area contributed by atoms with Gasteiger partial charge in [-0.15, -0.1) is 0 Å². The molecule has 3 rings (SSSR count). The normalized spacial score (nSPS) is 20.0. The molecule has 106 valence electrons. The lowest BCUT2D eigenvalue weighted by Crippen LogP contribution is -2.47. The molecule has 7 nitrogen and oxygen atoms in total. The number of carbonyl (C=O) groups is 1. The Labute approximate surface area is 119 Å². The van der Waals surface area contributed by atoms with E-state index in [0.29, 0.717) is 30.4 Å². The predicted molar refractivity (Wildman–Crippen MR) is 73.8 cm³/mol. The van der Waals surface area contributed by atoms with Gasteiger partial charge in [0.15, 0.2) is 0 Å². The summed E-state index contributed by atoms with van der Waals surface area (Å²) in [6.07, 6.45) is 0.825. The Morgan fingerprint density at radius 2 is 2.20 bits per heavy atom. The summed E-state index contributed by atoms with van der Waals surface area (Å²) in [4.78, 5) is 11.2. The van der Waals surface area contributed by atoms with Crippen molar-refractivity contribution in [1.29, 1.82) is 0 Å². The standard InChI is InChI=1S/C11H12N4O3S2/c16-10-5-4-7(6-12-10)15-20(17,18)9-3-1-2-8-11(9)14-19-13-8/h1-3,7,15H,4-6H2,(H,12,16). The Bertz CT molecular complexity index is 746. The first-order valence-electron chi connectivity index (χ1n) is 6.06. The number of fused-ring (bicyclic) bond motifs is 1. The Balaban J connectivity index is 1.88. The summed E-state index contributed by atoms with van der Waals surface area (Å²) in [6.45, 7) is 0.309. The van der Waals surface area contributed by atoms with Crippen molar-refractivity contribution in [3.63, 3.8) is 0 Å². The van der Waals surface area contributed by atoms with Crippen molar-refractivity contribution in [2.45, 2.75) is 23.8 Å². The van der Waals surface area contributed by atoms with E-state index >= 15 is 0 Å². The van der Waals surface area contributed by atoms with Gasteiger partial charge in [0.25, 0.3) is 0 Å². The molecular formula is C11H12N4O3S2. The Kier molecular flexibility index (Phi) is 3.40. The quantitative estimate of drug-likeness (QED) is 0.846. The van der Waals surface area contributed by atoms with Gasteiger partial charge in [-0.2, -0.15) is 8.75 Å². The van der Waals surface area contributed by atoms with Gasteiger partial charge < -0.3 is 5.32 Å². The van der Waals surface area contributed by atoms with Crippen LogP contribution in [0.1, 0.15) is 12.8 Å². The summed E-state index contributed by atoms with van der Waals surface area (Å²) < 4.78 is 35.5. The summed E-state index contributed by atoms with van der Waals surface area (Å²) in [5.74, 6) is -0.0498. The number of sulfonamides is 1. The molecule has 2 N–H and O–H groups in total. The fourth-order valence-electron chi connectivity index (χ4n) is 2.11. The fraction of sp³-hybridized carbons (Fsp3) is 0.364. The number of carbonyl (C=O) groups excluding carboxylic acids is 1. The van der Waals surface area contributed by atoms with Crippen molar-refractivity contribution in [3.05, 3.63) is 18.2 Å². The van der Waals surface area contributed by atoms with Crippen LogP contribution in [0, 0.1) is 0 Å². The van der Waals surface area contributed by atoms with Crippen molar-refractivity contribution in [1.82, 2.24) is 18.8 Å². The predicted octanol–water partition coefficient (Wildman–Crippen LogP) is 0.248. The number of hydrogen-bond acceptors (Lipinski definition) is 6. The first kappa shape index (κ1) is 13.4. The van der Waals surface area contributed by atoms with Gasteiger partial charge in [-0.25, -0.2) is 13.1 Å². The van der Waals surface area contributed by atoms with Crippen LogP contribution in [0.2, 0.25) is 0 Å². The van der Waals surface area contributed by atoms with Crippen LogP contribution in [0.5, 0.6) is 0 Å². The zero-order chi connectivity index (χ0) is 14.2. The monoisotopic (exact) mass is 312 g/mol. The molecule has 9 heteroatoms. The van der Waals surface area contributed by atoms with Crippen molar-refractivity contribution in [2.75, 3.05) is 6.54 Å². The molecule has 0 spiro atoms. The van der Waals surface area contributed by atoms with E-state index in [9.17, 15) is 13.2 Å². The molecule has 0 bridgehead atoms. The first-order chi connectivity index (χ1) is 9.56. The van der Waals surface area contributed by atoms with Gasteiger partial charge in [-0.05, 0) is 18.6 Å². The fourth-order valence-corrected chi connectivity index (χ4v) is 4.15. The maximum Gasteiger partial charge on any atom is 0.243 e. The minimum absolute atomic E-state index is 0.0498.